The topological polar surface area (TPSA) is 58.6 Å². The lowest BCUT2D eigenvalue weighted by molar-refractivity contribution is -0.165. The van der Waals surface area contributed by atoms with Crippen LogP contribution >= 0.6 is 0 Å². The molecule has 0 aromatic heterocycles. The number of amides is 2. The highest BCUT2D eigenvalue weighted by Crippen LogP contribution is 2.39. The molecule has 5 nitrogen and oxygen atoms in total. The van der Waals surface area contributed by atoms with Gasteiger partial charge >= 0.3 is 0 Å². The van der Waals surface area contributed by atoms with Gasteiger partial charge in [0.15, 0.2) is 6.10 Å². The van der Waals surface area contributed by atoms with Gasteiger partial charge in [-0.05, 0) is 31.2 Å². The number of morpholine rings is 1. The van der Waals surface area contributed by atoms with Gasteiger partial charge < -0.3 is 15.0 Å². The molecule has 2 amide bonds. The molecule has 0 radical (unpaired) electrons. The fourth-order valence-corrected chi connectivity index (χ4v) is 4.15. The molecule has 1 heterocycles. The maximum absolute atomic E-state index is 13.0. The second-order valence-corrected chi connectivity index (χ2v) is 7.46. The van der Waals surface area contributed by atoms with Crippen molar-refractivity contribution in [3.63, 3.8) is 0 Å². The summed E-state index contributed by atoms with van der Waals surface area (Å²) in [6.07, 6.45) is 7.10. The Morgan fingerprint density at radius 3 is 2.44 bits per heavy atom. The molecule has 3 aliphatic rings. The van der Waals surface area contributed by atoms with Gasteiger partial charge in [0.1, 0.15) is 6.61 Å². The van der Waals surface area contributed by atoms with E-state index in [9.17, 15) is 9.59 Å². The Bertz CT molecular complexity index is 623. The first-order chi connectivity index (χ1) is 12.2. The first kappa shape index (κ1) is 16.6. The monoisotopic (exact) mass is 342 g/mol. The van der Waals surface area contributed by atoms with Crippen LogP contribution in [-0.2, 0) is 14.3 Å². The predicted molar refractivity (Wildman–Crippen MR) is 93.8 cm³/mol. The third-order valence-corrected chi connectivity index (χ3v) is 5.55. The maximum atomic E-state index is 13.0. The van der Waals surface area contributed by atoms with Crippen LogP contribution in [0.25, 0.3) is 0 Å². The zero-order chi connectivity index (χ0) is 17.2. The van der Waals surface area contributed by atoms with Crippen molar-refractivity contribution < 1.29 is 14.3 Å². The lowest BCUT2D eigenvalue weighted by atomic mass is 9.93. The summed E-state index contributed by atoms with van der Waals surface area (Å²) in [5.41, 5.74) is 0.978. The van der Waals surface area contributed by atoms with Crippen molar-refractivity contribution in [2.75, 3.05) is 6.61 Å². The molecule has 2 atom stereocenters. The minimum absolute atomic E-state index is 0.00179. The number of hydrogen-bond acceptors (Lipinski definition) is 3. The van der Waals surface area contributed by atoms with E-state index in [0.29, 0.717) is 0 Å². The molecular weight excluding hydrogens is 316 g/mol. The van der Waals surface area contributed by atoms with Crippen molar-refractivity contribution in [1.29, 1.82) is 0 Å². The zero-order valence-electron chi connectivity index (χ0n) is 14.5. The molecular formula is C20H26N2O3. The molecule has 4 rings (SSSR count). The summed E-state index contributed by atoms with van der Waals surface area (Å²) >= 11 is 0. The first-order valence-electron chi connectivity index (χ1n) is 9.52. The number of benzene rings is 1. The minimum Gasteiger partial charge on any atom is -0.356 e. The maximum Gasteiger partial charge on any atom is 0.251 e. The molecule has 1 saturated heterocycles. The van der Waals surface area contributed by atoms with Crippen LogP contribution in [0.5, 0.6) is 0 Å². The van der Waals surface area contributed by atoms with Crippen LogP contribution < -0.4 is 5.32 Å². The standard InChI is InChI=1S/C20H26N2O3/c23-17-13-25-19(20(24)21-15-9-5-2-6-10-15)18(22(17)16-11-12-16)14-7-3-1-4-8-14/h1,3-4,7-8,15-16,18-19H,2,5-6,9-13H2,(H,21,24)/t18-,19+/m0/s1. The molecule has 3 fully saturated rings. The van der Waals surface area contributed by atoms with E-state index in [1.807, 2.05) is 35.2 Å². The number of hydrogen-bond donors (Lipinski definition) is 1. The third-order valence-electron chi connectivity index (χ3n) is 5.55. The van der Waals surface area contributed by atoms with Crippen molar-refractivity contribution in [2.24, 2.45) is 0 Å². The van der Waals surface area contributed by atoms with E-state index < -0.39 is 6.10 Å². The van der Waals surface area contributed by atoms with Crippen LogP contribution in [0, 0.1) is 0 Å². The highest BCUT2D eigenvalue weighted by molar-refractivity contribution is 5.87. The number of ether oxygens (including phenoxy) is 1. The van der Waals surface area contributed by atoms with Gasteiger partial charge in [-0.3, -0.25) is 9.59 Å². The number of rotatable bonds is 4. The van der Waals surface area contributed by atoms with Crippen molar-refractivity contribution >= 4 is 11.8 Å². The first-order valence-corrected chi connectivity index (χ1v) is 9.52. The zero-order valence-corrected chi connectivity index (χ0v) is 14.5. The summed E-state index contributed by atoms with van der Waals surface area (Å²) < 4.78 is 5.77. The third kappa shape index (κ3) is 3.56. The van der Waals surface area contributed by atoms with Gasteiger partial charge in [-0.25, -0.2) is 0 Å². The molecule has 2 saturated carbocycles. The summed E-state index contributed by atoms with van der Waals surface area (Å²) in [4.78, 5) is 27.4. The van der Waals surface area contributed by atoms with Crippen LogP contribution in [0.2, 0.25) is 0 Å². The van der Waals surface area contributed by atoms with Crippen LogP contribution in [0.15, 0.2) is 30.3 Å². The van der Waals surface area contributed by atoms with E-state index in [-0.39, 0.29) is 36.5 Å². The van der Waals surface area contributed by atoms with Gasteiger partial charge in [0, 0.05) is 12.1 Å². The Labute approximate surface area is 148 Å². The molecule has 0 spiro atoms. The Kier molecular flexibility index (Phi) is 4.75. The second kappa shape index (κ2) is 7.16. The Balaban J connectivity index is 1.57. The summed E-state index contributed by atoms with van der Waals surface area (Å²) in [5.74, 6) is -0.0722. The predicted octanol–water partition coefficient (Wildman–Crippen LogP) is 2.57. The number of nitrogens with zero attached hydrogens (tertiary/aromatic N) is 1. The van der Waals surface area contributed by atoms with Gasteiger partial charge in [0.25, 0.3) is 5.91 Å². The van der Waals surface area contributed by atoms with Gasteiger partial charge in [-0.1, -0.05) is 49.6 Å². The molecule has 0 bridgehead atoms. The van der Waals surface area contributed by atoms with Crippen molar-refractivity contribution in [3.8, 4) is 0 Å². The Morgan fingerprint density at radius 1 is 1.04 bits per heavy atom. The molecule has 1 aliphatic heterocycles. The normalized spacial score (nSPS) is 28.0. The SMILES string of the molecule is O=C(NC1CCCCC1)[C@@H]1OCC(=O)N(C2CC2)[C@H]1c1ccccc1. The molecule has 25 heavy (non-hydrogen) atoms. The summed E-state index contributed by atoms with van der Waals surface area (Å²) in [7, 11) is 0. The highest BCUT2D eigenvalue weighted by Gasteiger charge is 2.47. The summed E-state index contributed by atoms with van der Waals surface area (Å²) in [6, 6.07) is 10.0. The van der Waals surface area contributed by atoms with Gasteiger partial charge in [0.2, 0.25) is 5.91 Å². The van der Waals surface area contributed by atoms with Crippen LogP contribution in [0.1, 0.15) is 56.6 Å². The van der Waals surface area contributed by atoms with Crippen molar-refractivity contribution in [1.82, 2.24) is 10.2 Å². The molecule has 5 heteroatoms. The van der Waals surface area contributed by atoms with Gasteiger partial charge in [-0.15, -0.1) is 0 Å². The quantitative estimate of drug-likeness (QED) is 0.915. The van der Waals surface area contributed by atoms with E-state index in [0.717, 1.165) is 31.2 Å². The largest absolute Gasteiger partial charge is 0.356 e. The number of carbonyl (C=O) groups is 2. The highest BCUT2D eigenvalue weighted by atomic mass is 16.5. The van der Waals surface area contributed by atoms with Crippen LogP contribution in [-0.4, -0.2) is 41.5 Å². The molecule has 134 valence electrons. The van der Waals surface area contributed by atoms with Crippen LogP contribution in [0.4, 0.5) is 0 Å². The van der Waals surface area contributed by atoms with Crippen LogP contribution in [0.3, 0.4) is 0 Å². The Morgan fingerprint density at radius 2 is 1.76 bits per heavy atom. The minimum atomic E-state index is -0.623. The number of carbonyl (C=O) groups excluding carboxylic acids is 2. The summed E-state index contributed by atoms with van der Waals surface area (Å²) in [5, 5.41) is 3.18. The van der Waals surface area contributed by atoms with Gasteiger partial charge in [0.05, 0.1) is 6.04 Å². The molecule has 1 aromatic rings. The lowest BCUT2D eigenvalue weighted by Crippen LogP contribution is -2.56. The van der Waals surface area contributed by atoms with Gasteiger partial charge in [-0.2, -0.15) is 0 Å². The molecule has 1 N–H and O–H groups in total. The lowest BCUT2D eigenvalue weighted by Gasteiger charge is -2.41. The van der Waals surface area contributed by atoms with E-state index in [4.69, 9.17) is 4.74 Å². The van der Waals surface area contributed by atoms with E-state index in [1.165, 1.54) is 19.3 Å². The fourth-order valence-electron chi connectivity index (χ4n) is 4.15. The van der Waals surface area contributed by atoms with Crippen molar-refractivity contribution in [3.05, 3.63) is 35.9 Å². The van der Waals surface area contributed by atoms with E-state index >= 15 is 0 Å². The molecule has 2 aliphatic carbocycles. The molecule has 1 aromatic carbocycles. The Hall–Kier alpha value is -1.88. The van der Waals surface area contributed by atoms with E-state index in [1.54, 1.807) is 0 Å². The summed E-state index contributed by atoms with van der Waals surface area (Å²) in [6.45, 7) is 0.00257. The average Bonchev–Trinajstić information content (AvgIpc) is 3.48. The van der Waals surface area contributed by atoms with Crippen molar-refractivity contribution in [2.45, 2.75) is 69.2 Å². The molecule has 0 unspecified atom stereocenters. The second-order valence-electron chi connectivity index (χ2n) is 7.46. The smallest absolute Gasteiger partial charge is 0.251 e. The fraction of sp³-hybridized carbons (Fsp3) is 0.600. The number of nitrogens with one attached hydrogen (secondary N) is 1. The van der Waals surface area contributed by atoms with E-state index in [2.05, 4.69) is 5.32 Å². The average molecular weight is 342 g/mol.